The minimum atomic E-state index is -1.19. The zero-order valence-corrected chi connectivity index (χ0v) is 10.7. The average molecular weight is 281 g/mol. The highest BCUT2D eigenvalue weighted by atomic mass is 19.2. The summed E-state index contributed by atoms with van der Waals surface area (Å²) in [6.45, 7) is 1.71. The van der Waals surface area contributed by atoms with Crippen molar-refractivity contribution in [1.82, 2.24) is 14.9 Å². The van der Waals surface area contributed by atoms with Crippen molar-refractivity contribution in [3.63, 3.8) is 0 Å². The molecule has 3 nitrogen and oxygen atoms in total. The number of halogens is 3. The van der Waals surface area contributed by atoms with Gasteiger partial charge in [0.05, 0.1) is 12.0 Å². The van der Waals surface area contributed by atoms with Gasteiger partial charge >= 0.3 is 0 Å². The van der Waals surface area contributed by atoms with Crippen molar-refractivity contribution in [3.8, 4) is 5.69 Å². The highest BCUT2D eigenvalue weighted by Gasteiger charge is 2.22. The molecule has 0 spiro atoms. The van der Waals surface area contributed by atoms with Crippen LogP contribution in [0.5, 0.6) is 0 Å². The lowest BCUT2D eigenvalue weighted by Crippen LogP contribution is -2.29. The van der Waals surface area contributed by atoms with Crippen molar-refractivity contribution in [1.29, 1.82) is 0 Å². The van der Waals surface area contributed by atoms with Crippen LogP contribution in [0.15, 0.2) is 24.7 Å². The molecule has 2 aromatic rings. The number of piperidine rings is 1. The van der Waals surface area contributed by atoms with Crippen molar-refractivity contribution < 1.29 is 13.2 Å². The predicted molar refractivity (Wildman–Crippen MR) is 68.3 cm³/mol. The molecular weight excluding hydrogens is 267 g/mol. The number of benzene rings is 1. The SMILES string of the molecule is Fc1cc(F)c(F)c(-n2cncc2C2CCCNC2)c1. The standard InChI is InChI=1S/C14H14F3N3/c15-10-4-11(16)14(17)12(5-10)20-8-19-7-13(20)9-2-1-3-18-6-9/h4-5,7-9,18H,1-3,6H2. The summed E-state index contributed by atoms with van der Waals surface area (Å²) in [4.78, 5) is 4.00. The molecule has 3 rings (SSSR count). The number of rotatable bonds is 2. The van der Waals surface area contributed by atoms with Crippen molar-refractivity contribution in [2.24, 2.45) is 0 Å². The molecule has 1 aliphatic rings. The van der Waals surface area contributed by atoms with E-state index in [1.807, 2.05) is 0 Å². The van der Waals surface area contributed by atoms with E-state index >= 15 is 0 Å². The highest BCUT2D eigenvalue weighted by Crippen LogP contribution is 2.27. The maximum Gasteiger partial charge on any atom is 0.183 e. The fourth-order valence-corrected chi connectivity index (χ4v) is 2.63. The number of hydrogen-bond donors (Lipinski definition) is 1. The third-order valence-corrected chi connectivity index (χ3v) is 3.62. The first kappa shape index (κ1) is 13.2. The van der Waals surface area contributed by atoms with Gasteiger partial charge < -0.3 is 5.32 Å². The zero-order valence-electron chi connectivity index (χ0n) is 10.7. The van der Waals surface area contributed by atoms with Gasteiger partial charge in [0, 0.05) is 36.5 Å². The summed E-state index contributed by atoms with van der Waals surface area (Å²) in [6, 6.07) is 1.53. The summed E-state index contributed by atoms with van der Waals surface area (Å²) >= 11 is 0. The summed E-state index contributed by atoms with van der Waals surface area (Å²) < 4.78 is 42.0. The third kappa shape index (κ3) is 2.31. The fourth-order valence-electron chi connectivity index (χ4n) is 2.63. The van der Waals surface area contributed by atoms with Crippen LogP contribution in [0, 0.1) is 17.5 Å². The molecule has 1 aromatic carbocycles. The van der Waals surface area contributed by atoms with E-state index in [2.05, 4.69) is 10.3 Å². The molecule has 1 N–H and O–H groups in total. The van der Waals surface area contributed by atoms with Crippen molar-refractivity contribution >= 4 is 0 Å². The first-order valence-corrected chi connectivity index (χ1v) is 6.54. The van der Waals surface area contributed by atoms with Crippen LogP contribution in [0.2, 0.25) is 0 Å². The molecule has 20 heavy (non-hydrogen) atoms. The van der Waals surface area contributed by atoms with Crippen LogP contribution in [0.4, 0.5) is 13.2 Å². The van der Waals surface area contributed by atoms with Crippen LogP contribution in [0.3, 0.4) is 0 Å². The van der Waals surface area contributed by atoms with E-state index in [1.165, 1.54) is 10.9 Å². The van der Waals surface area contributed by atoms with E-state index in [-0.39, 0.29) is 11.6 Å². The van der Waals surface area contributed by atoms with E-state index in [0.29, 0.717) is 6.07 Å². The van der Waals surface area contributed by atoms with Crippen LogP contribution < -0.4 is 5.32 Å². The molecule has 1 fully saturated rings. The Bertz CT molecular complexity index is 618. The Labute approximate surface area is 114 Å². The van der Waals surface area contributed by atoms with E-state index in [1.54, 1.807) is 6.20 Å². The Morgan fingerprint density at radius 3 is 2.85 bits per heavy atom. The first-order valence-electron chi connectivity index (χ1n) is 6.54. The lowest BCUT2D eigenvalue weighted by atomic mass is 9.96. The van der Waals surface area contributed by atoms with Crippen LogP contribution >= 0.6 is 0 Å². The predicted octanol–water partition coefficient (Wildman–Crippen LogP) is 2.76. The van der Waals surface area contributed by atoms with Gasteiger partial charge in [-0.25, -0.2) is 18.2 Å². The average Bonchev–Trinajstić information content (AvgIpc) is 2.93. The van der Waals surface area contributed by atoms with Crippen molar-refractivity contribution in [2.75, 3.05) is 13.1 Å². The number of nitrogens with one attached hydrogen (secondary N) is 1. The normalized spacial score (nSPS) is 19.2. The molecule has 6 heteroatoms. The lowest BCUT2D eigenvalue weighted by molar-refractivity contribution is 0.447. The molecule has 106 valence electrons. The molecule has 1 atom stereocenters. The second-order valence-corrected chi connectivity index (χ2v) is 4.95. The zero-order chi connectivity index (χ0) is 14.1. The van der Waals surface area contributed by atoms with Gasteiger partial charge in [-0.3, -0.25) is 4.57 Å². The van der Waals surface area contributed by atoms with Crippen LogP contribution in [-0.4, -0.2) is 22.6 Å². The maximum atomic E-state index is 13.9. The van der Waals surface area contributed by atoms with Crippen molar-refractivity contribution in [2.45, 2.75) is 18.8 Å². The molecule has 2 heterocycles. The summed E-state index contributed by atoms with van der Waals surface area (Å²) in [5.74, 6) is -2.90. The van der Waals surface area contributed by atoms with E-state index in [4.69, 9.17) is 0 Å². The molecule has 0 amide bonds. The second kappa shape index (κ2) is 5.28. The first-order chi connectivity index (χ1) is 9.66. The topological polar surface area (TPSA) is 29.9 Å². The van der Waals surface area contributed by atoms with Gasteiger partial charge in [-0.2, -0.15) is 0 Å². The lowest BCUT2D eigenvalue weighted by Gasteiger charge is -2.24. The highest BCUT2D eigenvalue weighted by molar-refractivity contribution is 5.37. The molecule has 1 aromatic heterocycles. The summed E-state index contributed by atoms with van der Waals surface area (Å²) in [6.07, 6.45) is 4.97. The van der Waals surface area contributed by atoms with Gasteiger partial charge in [-0.1, -0.05) is 0 Å². The van der Waals surface area contributed by atoms with E-state index < -0.39 is 17.5 Å². The Hall–Kier alpha value is -1.82. The van der Waals surface area contributed by atoms with Gasteiger partial charge in [-0.15, -0.1) is 0 Å². The minimum Gasteiger partial charge on any atom is -0.316 e. The largest absolute Gasteiger partial charge is 0.316 e. The monoisotopic (exact) mass is 281 g/mol. The number of imidazole rings is 1. The Balaban J connectivity index is 2.05. The summed E-state index contributed by atoms with van der Waals surface area (Å²) in [7, 11) is 0. The van der Waals surface area contributed by atoms with Gasteiger partial charge in [0.25, 0.3) is 0 Å². The van der Waals surface area contributed by atoms with Crippen LogP contribution in [0.1, 0.15) is 24.5 Å². The molecule has 1 saturated heterocycles. The molecule has 0 radical (unpaired) electrons. The fraction of sp³-hybridized carbons (Fsp3) is 0.357. The van der Waals surface area contributed by atoms with Crippen molar-refractivity contribution in [3.05, 3.63) is 47.8 Å². The molecular formula is C14H14F3N3. The molecule has 0 bridgehead atoms. The molecule has 0 saturated carbocycles. The van der Waals surface area contributed by atoms with E-state index in [9.17, 15) is 13.2 Å². The van der Waals surface area contributed by atoms with E-state index in [0.717, 1.165) is 37.7 Å². The molecule has 1 aliphatic heterocycles. The molecule has 0 aliphatic carbocycles. The summed E-state index contributed by atoms with van der Waals surface area (Å²) in [5, 5.41) is 3.26. The minimum absolute atomic E-state index is 0.138. The quantitative estimate of drug-likeness (QED) is 0.858. The number of nitrogens with zero attached hydrogens (tertiary/aromatic N) is 2. The smallest absolute Gasteiger partial charge is 0.183 e. The van der Waals surface area contributed by atoms with Crippen LogP contribution in [0.25, 0.3) is 5.69 Å². The summed E-state index contributed by atoms with van der Waals surface area (Å²) in [5.41, 5.74) is 0.627. The van der Waals surface area contributed by atoms with Gasteiger partial charge in [0.2, 0.25) is 0 Å². The maximum absolute atomic E-state index is 13.9. The Morgan fingerprint density at radius 2 is 2.10 bits per heavy atom. The van der Waals surface area contributed by atoms with Gasteiger partial charge in [0.15, 0.2) is 11.6 Å². The third-order valence-electron chi connectivity index (χ3n) is 3.62. The van der Waals surface area contributed by atoms with Gasteiger partial charge in [-0.05, 0) is 19.4 Å². The number of aromatic nitrogens is 2. The number of hydrogen-bond acceptors (Lipinski definition) is 2. The van der Waals surface area contributed by atoms with Crippen LogP contribution in [-0.2, 0) is 0 Å². The molecule has 1 unspecified atom stereocenters. The van der Waals surface area contributed by atoms with Gasteiger partial charge in [0.1, 0.15) is 5.82 Å². The Kier molecular flexibility index (Phi) is 3.48. The Morgan fingerprint density at radius 1 is 1.25 bits per heavy atom. The second-order valence-electron chi connectivity index (χ2n) is 4.95.